The summed E-state index contributed by atoms with van der Waals surface area (Å²) in [5.74, 6) is 1.49. The van der Waals surface area contributed by atoms with Gasteiger partial charge in [0.15, 0.2) is 0 Å². The maximum Gasteiger partial charge on any atom is 0.246 e. The SMILES string of the molecule is CC(C)C[C@@H]1[C@@H]2[C@@H]3C(=O)N[C@@]1(C(=O)NCc1ccc(Cl)cc1)C[C@@H]3CN2CC(C)C. The molecule has 2 N–H and O–H groups in total. The van der Waals surface area contributed by atoms with Crippen LogP contribution in [0.25, 0.3) is 0 Å². The van der Waals surface area contributed by atoms with Crippen molar-refractivity contribution in [2.24, 2.45) is 29.6 Å². The van der Waals surface area contributed by atoms with E-state index in [1.165, 1.54) is 0 Å². The number of amides is 2. The number of nitrogens with one attached hydrogen (secondary N) is 2. The van der Waals surface area contributed by atoms with Gasteiger partial charge in [-0.1, -0.05) is 51.4 Å². The number of fused-ring (bicyclic) bond motifs is 1. The maximum atomic E-state index is 13.6. The third kappa shape index (κ3) is 3.75. The fourth-order valence-electron chi connectivity index (χ4n) is 6.19. The Morgan fingerprint density at radius 1 is 1.23 bits per heavy atom. The molecule has 1 saturated carbocycles. The van der Waals surface area contributed by atoms with Crippen LogP contribution in [0.3, 0.4) is 0 Å². The minimum atomic E-state index is -0.802. The Labute approximate surface area is 184 Å². The predicted octanol–water partition coefficient (Wildman–Crippen LogP) is 3.46. The lowest BCUT2D eigenvalue weighted by Crippen LogP contribution is -2.76. The molecule has 3 aliphatic heterocycles. The highest BCUT2D eigenvalue weighted by Gasteiger charge is 2.67. The molecule has 6 heteroatoms. The summed E-state index contributed by atoms with van der Waals surface area (Å²) in [6.07, 6.45) is 1.69. The van der Waals surface area contributed by atoms with Crippen LogP contribution in [0.4, 0.5) is 0 Å². The second-order valence-electron chi connectivity index (χ2n) is 10.3. The van der Waals surface area contributed by atoms with Crippen molar-refractivity contribution in [1.29, 1.82) is 0 Å². The van der Waals surface area contributed by atoms with Crippen LogP contribution in [0.5, 0.6) is 0 Å². The molecule has 5 atom stereocenters. The number of carbonyl (C=O) groups is 2. The normalized spacial score (nSPS) is 32.7. The lowest BCUT2D eigenvalue weighted by Gasteiger charge is -2.55. The minimum Gasteiger partial charge on any atom is -0.350 e. The number of likely N-dealkylation sites (tertiary alicyclic amines) is 1. The molecule has 3 saturated heterocycles. The summed E-state index contributed by atoms with van der Waals surface area (Å²) in [7, 11) is 0. The van der Waals surface area contributed by atoms with Crippen molar-refractivity contribution in [3.63, 3.8) is 0 Å². The predicted molar refractivity (Wildman–Crippen MR) is 119 cm³/mol. The van der Waals surface area contributed by atoms with Crippen LogP contribution in [-0.2, 0) is 16.1 Å². The largest absolute Gasteiger partial charge is 0.350 e. The number of halogens is 1. The van der Waals surface area contributed by atoms with Gasteiger partial charge in [-0.25, -0.2) is 0 Å². The number of hydrogen-bond donors (Lipinski definition) is 2. The van der Waals surface area contributed by atoms with E-state index in [-0.39, 0.29) is 35.6 Å². The van der Waals surface area contributed by atoms with Gasteiger partial charge in [0.1, 0.15) is 5.54 Å². The maximum absolute atomic E-state index is 13.6. The second kappa shape index (κ2) is 8.16. The van der Waals surface area contributed by atoms with E-state index in [0.717, 1.165) is 31.5 Å². The summed E-state index contributed by atoms with van der Waals surface area (Å²) in [4.78, 5) is 29.2. The van der Waals surface area contributed by atoms with Crippen molar-refractivity contribution in [2.75, 3.05) is 13.1 Å². The molecule has 0 radical (unpaired) electrons. The number of benzene rings is 1. The summed E-state index contributed by atoms with van der Waals surface area (Å²) in [5, 5.41) is 7.02. The first-order chi connectivity index (χ1) is 14.2. The molecule has 0 aromatic heterocycles. The molecule has 0 unspecified atom stereocenters. The molecule has 5 rings (SSSR count). The Kier molecular flexibility index (Phi) is 5.88. The van der Waals surface area contributed by atoms with Crippen molar-refractivity contribution >= 4 is 23.4 Å². The molecule has 4 fully saturated rings. The first-order valence-electron chi connectivity index (χ1n) is 11.3. The summed E-state index contributed by atoms with van der Waals surface area (Å²) in [5.41, 5.74) is 0.202. The molecule has 164 valence electrons. The zero-order chi connectivity index (χ0) is 21.6. The molecule has 2 amide bonds. The highest BCUT2D eigenvalue weighted by Crippen LogP contribution is 2.54. The summed E-state index contributed by atoms with van der Waals surface area (Å²) < 4.78 is 0. The van der Waals surface area contributed by atoms with Crippen molar-refractivity contribution in [3.8, 4) is 0 Å². The molecule has 1 aromatic rings. The summed E-state index contributed by atoms with van der Waals surface area (Å²) in [6.45, 7) is 11.2. The number of hydrogen-bond acceptors (Lipinski definition) is 3. The number of rotatable bonds is 7. The lowest BCUT2D eigenvalue weighted by atomic mass is 9.57. The van der Waals surface area contributed by atoms with Crippen LogP contribution in [0, 0.1) is 29.6 Å². The molecule has 1 aromatic carbocycles. The monoisotopic (exact) mass is 431 g/mol. The Morgan fingerprint density at radius 2 is 1.93 bits per heavy atom. The molecular weight excluding hydrogens is 398 g/mol. The van der Waals surface area contributed by atoms with Gasteiger partial charge >= 0.3 is 0 Å². The van der Waals surface area contributed by atoms with E-state index >= 15 is 0 Å². The third-order valence-corrected chi connectivity index (χ3v) is 7.39. The van der Waals surface area contributed by atoms with Gasteiger partial charge in [0.25, 0.3) is 0 Å². The molecule has 3 heterocycles. The minimum absolute atomic E-state index is 0.0263. The number of nitrogens with zero attached hydrogens (tertiary/aromatic N) is 1. The highest BCUT2D eigenvalue weighted by molar-refractivity contribution is 6.30. The van der Waals surface area contributed by atoms with Gasteiger partial charge in [-0.3, -0.25) is 14.5 Å². The van der Waals surface area contributed by atoms with Crippen molar-refractivity contribution in [3.05, 3.63) is 34.9 Å². The molecule has 5 nitrogen and oxygen atoms in total. The summed E-state index contributed by atoms with van der Waals surface area (Å²) >= 11 is 5.98. The van der Waals surface area contributed by atoms with E-state index in [1.54, 1.807) is 0 Å². The van der Waals surface area contributed by atoms with Gasteiger partial charge in [-0.05, 0) is 48.3 Å². The van der Waals surface area contributed by atoms with Crippen molar-refractivity contribution in [1.82, 2.24) is 15.5 Å². The van der Waals surface area contributed by atoms with Crippen molar-refractivity contribution in [2.45, 2.75) is 58.7 Å². The van der Waals surface area contributed by atoms with E-state index in [9.17, 15) is 9.59 Å². The van der Waals surface area contributed by atoms with Crippen LogP contribution in [0.1, 0.15) is 46.1 Å². The van der Waals surface area contributed by atoms with Gasteiger partial charge in [0.2, 0.25) is 11.8 Å². The molecule has 4 bridgehead atoms. The average Bonchev–Trinajstić information content (AvgIpc) is 2.97. The van der Waals surface area contributed by atoms with Gasteiger partial charge < -0.3 is 10.6 Å². The first kappa shape index (κ1) is 21.6. The molecular formula is C24H34ClN3O2. The van der Waals surface area contributed by atoms with Gasteiger partial charge in [-0.15, -0.1) is 0 Å². The highest BCUT2D eigenvalue weighted by atomic mass is 35.5. The topological polar surface area (TPSA) is 61.4 Å². The zero-order valence-corrected chi connectivity index (χ0v) is 19.2. The van der Waals surface area contributed by atoms with E-state index in [0.29, 0.717) is 23.4 Å². The van der Waals surface area contributed by atoms with E-state index in [1.807, 2.05) is 24.3 Å². The molecule has 1 aliphatic carbocycles. The Morgan fingerprint density at radius 3 is 2.57 bits per heavy atom. The first-order valence-corrected chi connectivity index (χ1v) is 11.7. The average molecular weight is 432 g/mol. The van der Waals surface area contributed by atoms with Crippen LogP contribution in [0.15, 0.2) is 24.3 Å². The van der Waals surface area contributed by atoms with E-state index < -0.39 is 5.54 Å². The van der Waals surface area contributed by atoms with E-state index in [4.69, 9.17) is 11.6 Å². The quantitative estimate of drug-likeness (QED) is 0.694. The number of carbonyl (C=O) groups excluding carboxylic acids is 2. The Hall–Kier alpha value is -1.59. The standard InChI is InChI=1S/C24H34ClN3O2/c1-14(2)9-19-21-20-17(13-28(21)12-15(3)4)10-24(19,27-22(20)29)23(30)26-11-16-5-7-18(25)8-6-16/h5-8,14-15,17,19-21H,9-13H2,1-4H3,(H,26,30)(H,27,29)/t17-,19-,20-,21-,24+/m1/s1. The van der Waals surface area contributed by atoms with Crippen LogP contribution in [0.2, 0.25) is 5.02 Å². The Balaban J connectivity index is 1.61. The van der Waals surface area contributed by atoms with Crippen molar-refractivity contribution < 1.29 is 9.59 Å². The van der Waals surface area contributed by atoms with Crippen LogP contribution in [-0.4, -0.2) is 41.4 Å². The second-order valence-corrected chi connectivity index (χ2v) is 10.8. The summed E-state index contributed by atoms with van der Waals surface area (Å²) in [6, 6.07) is 7.69. The lowest BCUT2D eigenvalue weighted by molar-refractivity contribution is -0.155. The number of piperidine rings is 2. The van der Waals surface area contributed by atoms with Crippen LogP contribution < -0.4 is 10.6 Å². The fourth-order valence-corrected chi connectivity index (χ4v) is 6.31. The van der Waals surface area contributed by atoms with Gasteiger partial charge in [-0.2, -0.15) is 0 Å². The van der Waals surface area contributed by atoms with Crippen LogP contribution >= 0.6 is 11.6 Å². The fraction of sp³-hybridized carbons (Fsp3) is 0.667. The zero-order valence-electron chi connectivity index (χ0n) is 18.5. The third-order valence-electron chi connectivity index (χ3n) is 7.14. The van der Waals surface area contributed by atoms with Gasteiger partial charge in [0, 0.05) is 36.6 Å². The molecule has 4 aliphatic rings. The van der Waals surface area contributed by atoms with Gasteiger partial charge in [0.05, 0.1) is 5.92 Å². The molecule has 30 heavy (non-hydrogen) atoms. The smallest absolute Gasteiger partial charge is 0.246 e. The van der Waals surface area contributed by atoms with E-state index in [2.05, 4.69) is 43.2 Å². The Bertz CT molecular complexity index is 809. The molecule has 0 spiro atoms.